The molecule has 0 aliphatic carbocycles. The van der Waals surface area contributed by atoms with Crippen LogP contribution in [0.15, 0.2) is 53.1 Å². The number of halogens is 1. The number of nitrogens with one attached hydrogen (secondary N) is 1. The average Bonchev–Trinajstić information content (AvgIpc) is 3.01. The second kappa shape index (κ2) is 8.44. The van der Waals surface area contributed by atoms with Gasteiger partial charge in [-0.1, -0.05) is 17.7 Å². The van der Waals surface area contributed by atoms with Gasteiger partial charge in [0.05, 0.1) is 26.8 Å². The Morgan fingerprint density at radius 2 is 1.90 bits per heavy atom. The number of aryl methyl sites for hydroxylation is 2. The summed E-state index contributed by atoms with van der Waals surface area (Å²) in [6, 6.07) is 10.8. The Labute approximate surface area is 175 Å². The first-order valence-electron chi connectivity index (χ1n) is 8.79. The Hall–Kier alpha value is -3.20. The molecule has 3 aromatic rings. The summed E-state index contributed by atoms with van der Waals surface area (Å²) >= 11 is 3.36. The van der Waals surface area contributed by atoms with Crippen molar-refractivity contribution in [2.45, 2.75) is 26.8 Å². The maximum absolute atomic E-state index is 12.6. The van der Waals surface area contributed by atoms with Gasteiger partial charge in [-0.05, 0) is 48.8 Å². The SMILES string of the molecule is Cc1ccc(Oc2cc(NC(=O)C(C)n3cc(Br)c(C)n3)cc([N+](=O)[O-])c2)cc1. The van der Waals surface area contributed by atoms with E-state index in [0.717, 1.165) is 15.7 Å². The van der Waals surface area contributed by atoms with Crippen LogP contribution in [0.2, 0.25) is 0 Å². The van der Waals surface area contributed by atoms with Crippen LogP contribution >= 0.6 is 15.9 Å². The fourth-order valence-electron chi connectivity index (χ4n) is 2.59. The van der Waals surface area contributed by atoms with Gasteiger partial charge in [0, 0.05) is 18.3 Å². The van der Waals surface area contributed by atoms with E-state index in [1.165, 1.54) is 16.8 Å². The Bertz CT molecular complexity index is 1040. The van der Waals surface area contributed by atoms with Gasteiger partial charge in [-0.3, -0.25) is 19.6 Å². The molecule has 9 heteroatoms. The Kier molecular flexibility index (Phi) is 5.97. The molecular formula is C20H19BrN4O4. The number of ether oxygens (including phenoxy) is 1. The van der Waals surface area contributed by atoms with Gasteiger partial charge in [0.15, 0.2) is 0 Å². The van der Waals surface area contributed by atoms with Gasteiger partial charge in [0.1, 0.15) is 17.5 Å². The zero-order chi connectivity index (χ0) is 21.1. The third-order valence-electron chi connectivity index (χ3n) is 4.26. The van der Waals surface area contributed by atoms with Gasteiger partial charge in [-0.25, -0.2) is 0 Å². The zero-order valence-electron chi connectivity index (χ0n) is 16.0. The molecule has 150 valence electrons. The minimum atomic E-state index is -0.610. The van der Waals surface area contributed by atoms with E-state index in [4.69, 9.17) is 4.74 Å². The number of hydrogen-bond acceptors (Lipinski definition) is 5. The van der Waals surface area contributed by atoms with Gasteiger partial charge >= 0.3 is 0 Å². The lowest BCUT2D eigenvalue weighted by Gasteiger charge is -2.14. The number of carbonyl (C=O) groups excluding carboxylic acids is 1. The second-order valence-electron chi connectivity index (χ2n) is 6.60. The minimum absolute atomic E-state index is 0.185. The Morgan fingerprint density at radius 1 is 1.21 bits per heavy atom. The third-order valence-corrected chi connectivity index (χ3v) is 5.04. The highest BCUT2D eigenvalue weighted by Crippen LogP contribution is 2.30. The fourth-order valence-corrected chi connectivity index (χ4v) is 2.88. The van der Waals surface area contributed by atoms with Crippen molar-refractivity contribution in [3.05, 3.63) is 74.5 Å². The van der Waals surface area contributed by atoms with E-state index in [2.05, 4.69) is 26.3 Å². The lowest BCUT2D eigenvalue weighted by molar-refractivity contribution is -0.384. The van der Waals surface area contributed by atoms with Crippen LogP contribution in [0.5, 0.6) is 11.5 Å². The van der Waals surface area contributed by atoms with Crippen molar-refractivity contribution in [1.82, 2.24) is 9.78 Å². The highest BCUT2D eigenvalue weighted by atomic mass is 79.9. The third kappa shape index (κ3) is 5.00. The summed E-state index contributed by atoms with van der Waals surface area (Å²) in [5.41, 5.74) is 1.91. The van der Waals surface area contributed by atoms with Crippen LogP contribution in [-0.4, -0.2) is 20.6 Å². The number of benzene rings is 2. The quantitative estimate of drug-likeness (QED) is 0.405. The van der Waals surface area contributed by atoms with Crippen LogP contribution in [0.3, 0.4) is 0 Å². The van der Waals surface area contributed by atoms with Crippen molar-refractivity contribution < 1.29 is 14.5 Å². The molecule has 0 bridgehead atoms. The number of hydrogen-bond donors (Lipinski definition) is 1. The molecule has 2 aromatic carbocycles. The molecule has 0 saturated heterocycles. The molecule has 0 aliphatic rings. The molecule has 0 spiro atoms. The van der Waals surface area contributed by atoms with Crippen molar-refractivity contribution in [2.75, 3.05) is 5.32 Å². The van der Waals surface area contributed by atoms with Crippen molar-refractivity contribution in [3.8, 4) is 11.5 Å². The van der Waals surface area contributed by atoms with Crippen LogP contribution < -0.4 is 10.1 Å². The van der Waals surface area contributed by atoms with E-state index in [-0.39, 0.29) is 23.0 Å². The molecule has 1 unspecified atom stereocenters. The smallest absolute Gasteiger partial charge is 0.275 e. The van der Waals surface area contributed by atoms with Crippen LogP contribution in [0.1, 0.15) is 24.2 Å². The van der Waals surface area contributed by atoms with E-state index >= 15 is 0 Å². The topological polar surface area (TPSA) is 99.3 Å². The summed E-state index contributed by atoms with van der Waals surface area (Å²) in [6.07, 6.45) is 1.71. The first kappa shape index (κ1) is 20.5. The van der Waals surface area contributed by atoms with Gasteiger partial charge in [0.25, 0.3) is 5.69 Å². The number of aromatic nitrogens is 2. The fraction of sp³-hybridized carbons (Fsp3) is 0.200. The number of amides is 1. The molecule has 3 rings (SSSR count). The second-order valence-corrected chi connectivity index (χ2v) is 7.45. The Balaban J connectivity index is 1.83. The molecule has 1 heterocycles. The number of carbonyl (C=O) groups is 1. The predicted octanol–water partition coefficient (Wildman–Crippen LogP) is 5.16. The van der Waals surface area contributed by atoms with Crippen LogP contribution in [0.4, 0.5) is 11.4 Å². The summed E-state index contributed by atoms with van der Waals surface area (Å²) in [7, 11) is 0. The maximum Gasteiger partial charge on any atom is 0.275 e. The molecular weight excluding hydrogens is 440 g/mol. The Morgan fingerprint density at radius 3 is 2.48 bits per heavy atom. The molecule has 0 radical (unpaired) electrons. The number of rotatable bonds is 6. The van der Waals surface area contributed by atoms with E-state index in [0.29, 0.717) is 5.75 Å². The number of nitro groups is 1. The van der Waals surface area contributed by atoms with Crippen LogP contribution in [0, 0.1) is 24.0 Å². The summed E-state index contributed by atoms with van der Waals surface area (Å²) in [5.74, 6) is 0.434. The average molecular weight is 459 g/mol. The largest absolute Gasteiger partial charge is 0.457 e. The molecule has 0 fully saturated rings. The molecule has 0 saturated carbocycles. The van der Waals surface area contributed by atoms with Gasteiger partial charge in [-0.15, -0.1) is 0 Å². The summed E-state index contributed by atoms with van der Waals surface area (Å²) in [4.78, 5) is 23.4. The van der Waals surface area contributed by atoms with Gasteiger partial charge < -0.3 is 10.1 Å². The van der Waals surface area contributed by atoms with E-state index in [9.17, 15) is 14.9 Å². The maximum atomic E-state index is 12.6. The molecule has 1 amide bonds. The number of anilines is 1. The highest BCUT2D eigenvalue weighted by Gasteiger charge is 2.19. The molecule has 1 aromatic heterocycles. The summed E-state index contributed by atoms with van der Waals surface area (Å²) in [6.45, 7) is 5.46. The first-order chi connectivity index (χ1) is 13.7. The zero-order valence-corrected chi connectivity index (χ0v) is 17.6. The van der Waals surface area contributed by atoms with Crippen LogP contribution in [0.25, 0.3) is 0 Å². The number of nitro benzene ring substituents is 1. The minimum Gasteiger partial charge on any atom is -0.457 e. The lowest BCUT2D eigenvalue weighted by atomic mass is 10.2. The number of nitrogens with zero attached hydrogens (tertiary/aromatic N) is 3. The van der Waals surface area contributed by atoms with Crippen molar-refractivity contribution >= 4 is 33.2 Å². The lowest BCUT2D eigenvalue weighted by Crippen LogP contribution is -2.24. The molecule has 1 N–H and O–H groups in total. The van der Waals surface area contributed by atoms with Crippen LogP contribution in [-0.2, 0) is 4.79 Å². The van der Waals surface area contributed by atoms with Crippen molar-refractivity contribution in [2.24, 2.45) is 0 Å². The molecule has 29 heavy (non-hydrogen) atoms. The van der Waals surface area contributed by atoms with Gasteiger partial charge in [0.2, 0.25) is 5.91 Å². The molecule has 8 nitrogen and oxygen atoms in total. The monoisotopic (exact) mass is 458 g/mol. The van der Waals surface area contributed by atoms with Crippen molar-refractivity contribution in [1.29, 1.82) is 0 Å². The standard InChI is InChI=1S/C20H19BrN4O4/c1-12-4-6-17(7-5-12)29-18-9-15(8-16(10-18)25(27)28)22-20(26)14(3)24-11-19(21)13(2)23-24/h4-11,14H,1-3H3,(H,22,26). The highest BCUT2D eigenvalue weighted by molar-refractivity contribution is 9.10. The predicted molar refractivity (Wildman–Crippen MR) is 112 cm³/mol. The summed E-state index contributed by atoms with van der Waals surface area (Å²) < 4.78 is 8.05. The van der Waals surface area contributed by atoms with Gasteiger partial charge in [-0.2, -0.15) is 5.10 Å². The summed E-state index contributed by atoms with van der Waals surface area (Å²) in [5, 5.41) is 18.3. The van der Waals surface area contributed by atoms with E-state index < -0.39 is 11.0 Å². The normalized spacial score (nSPS) is 11.7. The first-order valence-corrected chi connectivity index (χ1v) is 9.58. The number of non-ortho nitro benzene ring substituents is 1. The van der Waals surface area contributed by atoms with Crippen molar-refractivity contribution in [3.63, 3.8) is 0 Å². The van der Waals surface area contributed by atoms with E-state index in [1.54, 1.807) is 31.3 Å². The van der Waals surface area contributed by atoms with E-state index in [1.807, 2.05) is 26.0 Å². The molecule has 0 aliphatic heterocycles. The molecule has 1 atom stereocenters.